The molecule has 5 saturated heterocycles. The highest BCUT2D eigenvalue weighted by atomic mass is 35.5. The number of nitrogens with two attached hydrogens (primary N) is 6. The predicted molar refractivity (Wildman–Crippen MR) is 502 cm³/mol. The molecule has 0 amide bonds. The molecule has 2 aromatic carbocycles. The van der Waals surface area contributed by atoms with E-state index in [0.29, 0.717) is 28.0 Å². The first-order chi connectivity index (χ1) is 64.5. The molecule has 0 spiro atoms. The second-order valence-corrected chi connectivity index (χ2v) is 42.6. The molecule has 60 heteroatoms. The van der Waals surface area contributed by atoms with Gasteiger partial charge in [0.05, 0.1) is 88.4 Å². The average Bonchev–Trinajstić information content (AvgIpc) is 1.61. The van der Waals surface area contributed by atoms with Gasteiger partial charge in [0.1, 0.15) is 95.6 Å². The van der Waals surface area contributed by atoms with E-state index in [-0.39, 0.29) is 110 Å². The van der Waals surface area contributed by atoms with Crippen LogP contribution in [-0.4, -0.2) is 277 Å². The first-order valence-corrected chi connectivity index (χ1v) is 47.8. The zero-order chi connectivity index (χ0) is 100.0. The molecule has 742 valence electrons. The lowest BCUT2D eigenvalue weighted by atomic mass is 10.1. The molecule has 5 aliphatic rings. The second-order valence-electron chi connectivity index (χ2n) is 31.4. The zero-order valence-corrected chi connectivity index (χ0v) is 81.4. The first kappa shape index (κ1) is 105. The van der Waals surface area contributed by atoms with Gasteiger partial charge in [0.25, 0.3) is 11.1 Å². The maximum atomic E-state index is 13.7. The first-order valence-electron chi connectivity index (χ1n) is 40.5. The lowest BCUT2D eigenvalue weighted by Crippen LogP contribution is -2.38. The highest BCUT2D eigenvalue weighted by Gasteiger charge is 2.61. The molecule has 0 bridgehead atoms. The number of nitrogens with zero attached hydrogens (tertiary/aromatic N) is 15. The van der Waals surface area contributed by atoms with Gasteiger partial charge in [0.2, 0.25) is 41.5 Å². The van der Waals surface area contributed by atoms with Crippen LogP contribution < -0.4 is 64.0 Å². The molecule has 137 heavy (non-hydrogen) atoms. The summed E-state index contributed by atoms with van der Waals surface area (Å²) in [5.41, 5.74) is 34.9. The summed E-state index contributed by atoms with van der Waals surface area (Å²) in [4.78, 5) is 93.0. The molecule has 19 atom stereocenters. The zero-order valence-electron chi connectivity index (χ0n) is 72.0. The number of methoxy groups -OCH3 is 2. The Balaban J connectivity index is 0.000000148. The molecule has 10 aromatic heterocycles. The number of nitrogen functional groups attached to an aromatic ring is 6. The molecule has 22 N–H and O–H groups in total. The van der Waals surface area contributed by atoms with Crippen molar-refractivity contribution in [2.45, 2.75) is 142 Å². The Morgan fingerprint density at radius 2 is 0.723 bits per heavy atom. The van der Waals surface area contributed by atoms with Crippen molar-refractivity contribution in [3.8, 4) is 23.3 Å². The van der Waals surface area contributed by atoms with Gasteiger partial charge in [-0.3, -0.25) is 47.3 Å². The lowest BCUT2D eigenvalue weighted by molar-refractivity contribution is -0.120. The fourth-order valence-electron chi connectivity index (χ4n) is 14.6. The lowest BCUT2D eigenvalue weighted by Gasteiger charge is -2.24. The second kappa shape index (κ2) is 42.1. The van der Waals surface area contributed by atoms with Crippen LogP contribution in [0.2, 0.25) is 0 Å². The largest absolute Gasteiger partial charge is 0.479 e. The van der Waals surface area contributed by atoms with Crippen molar-refractivity contribution >= 4 is 234 Å². The molecule has 2 unspecified atom stereocenters. The molecular formula is C77H89Cl10N23O25P2. The van der Waals surface area contributed by atoms with E-state index in [1.807, 2.05) is 0 Å². The predicted octanol–water partition coefficient (Wildman–Crippen LogP) is 6.21. The summed E-state index contributed by atoms with van der Waals surface area (Å²) in [5.74, 6) is -0.772. The van der Waals surface area contributed by atoms with Crippen LogP contribution in [0.5, 0.6) is 23.3 Å². The van der Waals surface area contributed by atoms with Gasteiger partial charge >= 0.3 is 15.2 Å². The Hall–Kier alpha value is -8.90. The monoisotopic (exact) mass is 2150 g/mol. The average molecular weight is 2150 g/mol. The number of carbonyl (C=O) groups is 2. The fourth-order valence-corrected chi connectivity index (χ4v) is 21.5. The number of aliphatic hydroxyl groups excluding tert-OH is 8. The van der Waals surface area contributed by atoms with Gasteiger partial charge in [-0.2, -0.15) is 39.9 Å². The Morgan fingerprint density at radius 3 is 1.04 bits per heavy atom. The van der Waals surface area contributed by atoms with Crippen LogP contribution in [0, 0.1) is 11.8 Å². The van der Waals surface area contributed by atoms with Crippen molar-refractivity contribution in [1.82, 2.24) is 82.6 Å². The summed E-state index contributed by atoms with van der Waals surface area (Å²) >= 11 is 63.0. The highest BCUT2D eigenvalue weighted by Crippen LogP contribution is 2.57. The minimum atomic E-state index is -3.88. The molecule has 15 heterocycles. The van der Waals surface area contributed by atoms with Crippen LogP contribution in [0.25, 0.3) is 55.4 Å². The van der Waals surface area contributed by atoms with Gasteiger partial charge in [-0.05, 0) is 56.3 Å². The third kappa shape index (κ3) is 21.8. The van der Waals surface area contributed by atoms with Crippen molar-refractivity contribution < 1.29 is 111 Å². The third-order valence-corrected chi connectivity index (χ3v) is 30.1. The van der Waals surface area contributed by atoms with Gasteiger partial charge in [-0.1, -0.05) is 166 Å². The molecule has 12 aromatic rings. The number of anilines is 6. The molecule has 48 nitrogen and oxygen atoms in total. The maximum absolute atomic E-state index is 13.7. The summed E-state index contributed by atoms with van der Waals surface area (Å²) in [5, 5.41) is 80.5. The van der Waals surface area contributed by atoms with E-state index in [2.05, 4.69) is 59.8 Å². The molecule has 0 radical (unpaired) electrons. The number of aromatic nitrogens is 17. The van der Waals surface area contributed by atoms with E-state index in [1.54, 1.807) is 86.8 Å². The number of halogens is 10. The molecule has 0 saturated carbocycles. The number of H-pyrrole nitrogens is 2. The topological polar surface area (TPSA) is 707 Å². The van der Waals surface area contributed by atoms with Crippen molar-refractivity contribution in [2.24, 2.45) is 11.8 Å². The quantitative estimate of drug-likeness (QED) is 0.0212. The molecular weight excluding hydrogens is 2060 g/mol. The van der Waals surface area contributed by atoms with Gasteiger partial charge in [0.15, 0.2) is 86.4 Å². The number of ether oxygens (including phenoxy) is 7. The van der Waals surface area contributed by atoms with Gasteiger partial charge in [-0.15, -0.1) is 0 Å². The summed E-state index contributed by atoms with van der Waals surface area (Å²) in [7, 11) is -4.94. The maximum Gasteiger partial charge on any atom is 0.379 e. The number of rotatable bonds is 26. The summed E-state index contributed by atoms with van der Waals surface area (Å²) < 4.78 is 86.9. The highest BCUT2D eigenvalue weighted by molar-refractivity contribution is 7.54. The van der Waals surface area contributed by atoms with Crippen LogP contribution in [0.4, 0.5) is 35.6 Å². The number of aliphatic hydroxyl groups is 8. The van der Waals surface area contributed by atoms with E-state index in [4.69, 9.17) is 202 Å². The van der Waals surface area contributed by atoms with Crippen LogP contribution in [0.15, 0.2) is 120 Å². The fraction of sp³-hybridized carbons (Fsp3) is 0.455. The standard InChI is InChI=1S/C22H26Cl2N5O7P.C22H25Cl2N4O7P.C11H13Cl2N5O4.C11H13Cl2N5O3.C11H12Cl2N4O4/c1-12(13(2)30)10-37(32,36-14-7-5-4-6-8-14)34-9-15-17(31)22(23,24)20(35-15)29-11-26-16-18(29)27-21(25)28-19(16)33-3;1-12(13(2)29)11-36(32,35-14-6-4-3-5-7-14)33-10-16-17(30)22(23,24)20(34-16)28-9-8-15-18(28)26-21(25)27-19(15)31;1-21-8-5-7(16-10(14)17-8)18(3-15-5)9-11(12,13)6(20)4(2-19)22-9;12-11(13)6(20)5(3-19)21-9(11)18-2-1-4-7(14)16-10(15)17-8(4)18;12-11(13)6(19)5(3-18)21-9(11)17-2-1-4-7(17)15-10(14)16-8(4)20/h4-8,11-12,15,17,20,31H,9-10H2,1-3H3,(H2,25,27,28);3-9,12,16-17,20,30H,10-11H2,1-2H3,(H3,25,26,27,31);3-4,6,9,19-20H,2H2,1H3,(H2,14,16,17);1-2,5-6,9,19-20H,3H2,(H4,14,15,16,17);1-2,5-6,9,18-19H,3H2,(H3,14,15,16,20)/t12-,15-,17+,20-,37?;12-,16-,17+,20-,36?;4-,6+,9-;2*5-,6+,9-/m11111/s1. The van der Waals surface area contributed by atoms with Crippen LogP contribution >= 0.6 is 131 Å². The molecule has 0 aliphatic carbocycles. The van der Waals surface area contributed by atoms with Crippen LogP contribution in [0.3, 0.4) is 0 Å². The Bertz CT molecular complexity index is 6590. The van der Waals surface area contributed by atoms with E-state index in [1.165, 1.54) is 88.1 Å². The Labute approximate surface area is 823 Å². The SMILES string of the molecule is CC(=O)[C@H](C)CP(=O)(OC[C@H]1O[C@@H](n2ccc3c(=O)[nH]c(N)nc32)C(Cl)(Cl)[C@H]1O)Oc1ccccc1.COc1nc(N)nc2c1ncn2[C@@H]1O[C@H](CO)[C@H](O)C1(Cl)Cl.COc1nc(N)nc2c1ncn2[C@@H]1O[C@H](COP(=O)(C[C@@H](C)C(C)=O)Oc2ccccc2)[C@H](O)C1(Cl)Cl.Nc1nc(N)c2ccn([C@@H]3O[C@H](CO)[C@H](O)C3(Cl)Cl)c2n1.Nc1nc2c(ccn2[C@@H]2O[C@H](CO)[C@H](O)C2(Cl)Cl)c(=O)[nH]1. The van der Waals surface area contributed by atoms with Crippen LogP contribution in [0.1, 0.15) is 58.8 Å². The number of Topliss-reactive ketones (excluding diaryl/α,β-unsaturated/α-hetero) is 2. The van der Waals surface area contributed by atoms with E-state index in [9.17, 15) is 69.2 Å². The summed E-state index contributed by atoms with van der Waals surface area (Å²) in [6.07, 6.45) is -10.3. The van der Waals surface area contributed by atoms with Crippen molar-refractivity contribution in [3.63, 3.8) is 0 Å². The number of imidazole rings is 2. The number of hydrogen-bond acceptors (Lipinski definition) is 41. The summed E-state index contributed by atoms with van der Waals surface area (Å²) in [6.45, 7) is 3.89. The number of para-hydroxylation sites is 2. The number of nitrogens with one attached hydrogen (secondary N) is 2. The minimum absolute atomic E-state index is 0.00746. The van der Waals surface area contributed by atoms with E-state index >= 15 is 0 Å². The number of carbonyl (C=O) groups excluding carboxylic acids is 2. The number of ketones is 2. The third-order valence-electron chi connectivity index (χ3n) is 21.9. The molecule has 17 rings (SSSR count). The minimum Gasteiger partial charge on any atom is -0.479 e. The van der Waals surface area contributed by atoms with Gasteiger partial charge in [0, 0.05) is 30.4 Å². The molecule has 5 fully saturated rings. The van der Waals surface area contributed by atoms with Gasteiger partial charge < -0.3 is 131 Å². The number of aromatic amines is 2. The van der Waals surface area contributed by atoms with E-state index < -0.39 is 185 Å². The van der Waals surface area contributed by atoms with Gasteiger partial charge in [-0.25, -0.2) is 19.1 Å². The number of hydrogen-bond donors (Lipinski definition) is 16. The smallest absolute Gasteiger partial charge is 0.379 e. The summed E-state index contributed by atoms with van der Waals surface area (Å²) in [6, 6.07) is 21.4. The number of fused-ring (bicyclic) bond motifs is 5. The Morgan fingerprint density at radius 1 is 0.431 bits per heavy atom. The van der Waals surface area contributed by atoms with E-state index in [0.717, 1.165) is 0 Å². The van der Waals surface area contributed by atoms with Crippen molar-refractivity contribution in [3.05, 3.63) is 131 Å². The number of benzene rings is 2. The normalized spacial score (nSPS) is 25.7. The Kier molecular flexibility index (Phi) is 32.4. The van der Waals surface area contributed by atoms with Crippen molar-refractivity contribution in [2.75, 3.05) is 94.0 Å². The molecule has 5 aliphatic heterocycles. The number of alkyl halides is 10. The van der Waals surface area contributed by atoms with Crippen LogP contribution in [-0.2, 0) is 51.5 Å². The van der Waals surface area contributed by atoms with Crippen molar-refractivity contribution in [1.29, 1.82) is 0 Å².